The maximum atomic E-state index is 11.9. The molecule has 5 heteroatoms. The first-order chi connectivity index (χ1) is 9.90. The molecule has 0 unspecified atom stereocenters. The maximum Gasteiger partial charge on any atom is 0.239 e. The first-order valence-corrected chi connectivity index (χ1v) is 7.55. The number of nitrogens with one attached hydrogen (secondary N) is 2. The van der Waals surface area contributed by atoms with Crippen molar-refractivity contribution in [1.82, 2.24) is 15.6 Å². The van der Waals surface area contributed by atoms with Crippen molar-refractivity contribution >= 4 is 11.7 Å². The number of likely N-dealkylation sites (N-methyl/N-ethyl adjacent to an activating group) is 1. The molecular formula is C16H28N4O. The Balaban J connectivity index is 2.66. The zero-order valence-corrected chi connectivity index (χ0v) is 13.8. The van der Waals surface area contributed by atoms with Crippen molar-refractivity contribution in [3.63, 3.8) is 0 Å². The minimum absolute atomic E-state index is 0.0132. The lowest BCUT2D eigenvalue weighted by atomic mass is 10.2. The topological polar surface area (TPSA) is 57.3 Å². The van der Waals surface area contributed by atoms with Crippen LogP contribution < -0.4 is 15.5 Å². The van der Waals surface area contributed by atoms with E-state index >= 15 is 0 Å². The van der Waals surface area contributed by atoms with E-state index in [1.807, 2.05) is 37.9 Å². The molecule has 0 spiro atoms. The monoisotopic (exact) mass is 292 g/mol. The van der Waals surface area contributed by atoms with Crippen LogP contribution in [0.2, 0.25) is 0 Å². The number of amides is 1. The van der Waals surface area contributed by atoms with Gasteiger partial charge in [0, 0.05) is 31.4 Å². The summed E-state index contributed by atoms with van der Waals surface area (Å²) in [4.78, 5) is 18.2. The Morgan fingerprint density at radius 1 is 1.33 bits per heavy atom. The minimum Gasteiger partial charge on any atom is -0.352 e. The summed E-state index contributed by atoms with van der Waals surface area (Å²) >= 11 is 0. The molecule has 5 nitrogen and oxygen atoms in total. The molecule has 0 aliphatic rings. The number of hydrogen-bond donors (Lipinski definition) is 2. The van der Waals surface area contributed by atoms with Gasteiger partial charge in [-0.2, -0.15) is 0 Å². The largest absolute Gasteiger partial charge is 0.352 e. The van der Waals surface area contributed by atoms with Crippen LogP contribution in [0.1, 0.15) is 33.3 Å². The number of nitrogens with zero attached hydrogens (tertiary/aromatic N) is 2. The summed E-state index contributed by atoms with van der Waals surface area (Å²) < 4.78 is 0. The Hall–Kier alpha value is -1.62. The molecule has 0 fully saturated rings. The average molecular weight is 292 g/mol. The van der Waals surface area contributed by atoms with E-state index in [0.717, 1.165) is 24.5 Å². The third-order valence-corrected chi connectivity index (χ3v) is 2.93. The fraction of sp³-hybridized carbons (Fsp3) is 0.625. The van der Waals surface area contributed by atoms with Crippen LogP contribution in [0.3, 0.4) is 0 Å². The third-order valence-electron chi connectivity index (χ3n) is 2.93. The molecule has 2 N–H and O–H groups in total. The molecule has 0 radical (unpaired) electrons. The van der Waals surface area contributed by atoms with Crippen LogP contribution >= 0.6 is 0 Å². The van der Waals surface area contributed by atoms with Gasteiger partial charge in [-0.05, 0) is 32.4 Å². The summed E-state index contributed by atoms with van der Waals surface area (Å²) in [6.45, 7) is 10.3. The zero-order valence-electron chi connectivity index (χ0n) is 13.8. The molecule has 1 heterocycles. The van der Waals surface area contributed by atoms with Crippen LogP contribution in [0.25, 0.3) is 0 Å². The van der Waals surface area contributed by atoms with Crippen LogP contribution in [0, 0.1) is 5.92 Å². The normalized spacial score (nSPS) is 11.0. The highest BCUT2D eigenvalue weighted by Crippen LogP contribution is 2.15. The Bertz CT molecular complexity index is 446. The van der Waals surface area contributed by atoms with Gasteiger partial charge < -0.3 is 15.5 Å². The highest BCUT2D eigenvalue weighted by molar-refractivity contribution is 5.81. The van der Waals surface area contributed by atoms with E-state index in [0.29, 0.717) is 12.5 Å². The van der Waals surface area contributed by atoms with Gasteiger partial charge in [-0.3, -0.25) is 4.79 Å². The Morgan fingerprint density at radius 3 is 2.67 bits per heavy atom. The number of aromatic nitrogens is 1. The fourth-order valence-corrected chi connectivity index (χ4v) is 2.07. The van der Waals surface area contributed by atoms with E-state index < -0.39 is 0 Å². The van der Waals surface area contributed by atoms with E-state index in [2.05, 4.69) is 29.5 Å². The van der Waals surface area contributed by atoms with Crippen LogP contribution in [0.5, 0.6) is 0 Å². The summed E-state index contributed by atoms with van der Waals surface area (Å²) in [5.41, 5.74) is 1.11. The van der Waals surface area contributed by atoms with Gasteiger partial charge in [-0.15, -0.1) is 0 Å². The van der Waals surface area contributed by atoms with E-state index in [1.165, 1.54) is 0 Å². The standard InChI is InChI=1S/C16H28N4O/c1-12(2)9-17-10-14-7-6-8-18-16(14)20(5)11-15(21)19-13(3)4/h6-8,12-13,17H,9-11H2,1-5H3,(H,19,21). The molecule has 1 aromatic rings. The maximum absolute atomic E-state index is 11.9. The van der Waals surface area contributed by atoms with Crippen molar-refractivity contribution in [2.75, 3.05) is 25.0 Å². The number of carbonyl (C=O) groups excluding carboxylic acids is 1. The van der Waals surface area contributed by atoms with Gasteiger partial charge >= 0.3 is 0 Å². The predicted octanol–water partition coefficient (Wildman–Crippen LogP) is 1.79. The molecule has 1 aromatic heterocycles. The van der Waals surface area contributed by atoms with Gasteiger partial charge in [0.25, 0.3) is 0 Å². The molecule has 0 aliphatic carbocycles. The van der Waals surface area contributed by atoms with Crippen LogP contribution in [-0.4, -0.2) is 37.1 Å². The molecule has 118 valence electrons. The number of rotatable bonds is 8. The molecule has 0 saturated carbocycles. The van der Waals surface area contributed by atoms with Gasteiger partial charge in [0.05, 0.1) is 6.54 Å². The fourth-order valence-electron chi connectivity index (χ4n) is 2.07. The SMILES string of the molecule is CC(C)CNCc1cccnc1N(C)CC(=O)NC(C)C. The minimum atomic E-state index is 0.0132. The zero-order chi connectivity index (χ0) is 15.8. The number of carbonyl (C=O) groups is 1. The average Bonchev–Trinajstić information content (AvgIpc) is 2.37. The summed E-state index contributed by atoms with van der Waals surface area (Å²) in [7, 11) is 1.90. The van der Waals surface area contributed by atoms with E-state index in [1.54, 1.807) is 6.20 Å². The third kappa shape index (κ3) is 6.58. The lowest BCUT2D eigenvalue weighted by Crippen LogP contribution is -2.39. The van der Waals surface area contributed by atoms with Crippen LogP contribution in [-0.2, 0) is 11.3 Å². The number of hydrogen-bond acceptors (Lipinski definition) is 4. The smallest absolute Gasteiger partial charge is 0.239 e. The van der Waals surface area contributed by atoms with Gasteiger partial charge in [-0.25, -0.2) is 4.98 Å². The second-order valence-corrected chi connectivity index (χ2v) is 6.09. The second-order valence-electron chi connectivity index (χ2n) is 6.09. The van der Waals surface area contributed by atoms with E-state index in [-0.39, 0.29) is 11.9 Å². The molecule has 0 aromatic carbocycles. The molecule has 21 heavy (non-hydrogen) atoms. The Morgan fingerprint density at radius 2 is 2.05 bits per heavy atom. The first-order valence-electron chi connectivity index (χ1n) is 7.55. The summed E-state index contributed by atoms with van der Waals surface area (Å²) in [5.74, 6) is 1.48. The molecule has 1 rings (SSSR count). The van der Waals surface area contributed by atoms with Crippen molar-refractivity contribution in [3.8, 4) is 0 Å². The van der Waals surface area contributed by atoms with E-state index in [4.69, 9.17) is 0 Å². The lowest BCUT2D eigenvalue weighted by Gasteiger charge is -2.21. The van der Waals surface area contributed by atoms with E-state index in [9.17, 15) is 4.79 Å². The summed E-state index contributed by atoms with van der Waals surface area (Å²) in [5, 5.41) is 6.31. The van der Waals surface area contributed by atoms with Crippen molar-refractivity contribution < 1.29 is 4.79 Å². The molecule has 0 atom stereocenters. The number of pyridine rings is 1. The quantitative estimate of drug-likeness (QED) is 0.767. The second kappa shape index (κ2) is 8.62. The molecular weight excluding hydrogens is 264 g/mol. The van der Waals surface area contributed by atoms with Crippen LogP contribution in [0.4, 0.5) is 5.82 Å². The molecule has 0 saturated heterocycles. The van der Waals surface area contributed by atoms with Gasteiger partial charge in [0.2, 0.25) is 5.91 Å². The molecule has 1 amide bonds. The lowest BCUT2D eigenvalue weighted by molar-refractivity contribution is -0.120. The Kier molecular flexibility index (Phi) is 7.15. The predicted molar refractivity (Wildman–Crippen MR) is 87.3 cm³/mol. The van der Waals surface area contributed by atoms with Gasteiger partial charge in [0.1, 0.15) is 5.82 Å². The van der Waals surface area contributed by atoms with Crippen molar-refractivity contribution in [1.29, 1.82) is 0 Å². The number of anilines is 1. The van der Waals surface area contributed by atoms with Crippen LogP contribution in [0.15, 0.2) is 18.3 Å². The summed E-state index contributed by atoms with van der Waals surface area (Å²) in [6, 6.07) is 4.13. The van der Waals surface area contributed by atoms with Crippen molar-refractivity contribution in [2.45, 2.75) is 40.3 Å². The molecule has 0 aliphatic heterocycles. The van der Waals surface area contributed by atoms with Gasteiger partial charge in [-0.1, -0.05) is 19.9 Å². The first kappa shape index (κ1) is 17.4. The Labute approximate surface area is 128 Å². The molecule has 0 bridgehead atoms. The van der Waals surface area contributed by atoms with Crippen molar-refractivity contribution in [3.05, 3.63) is 23.9 Å². The van der Waals surface area contributed by atoms with Crippen molar-refractivity contribution in [2.24, 2.45) is 5.92 Å². The highest BCUT2D eigenvalue weighted by Gasteiger charge is 2.12. The highest BCUT2D eigenvalue weighted by atomic mass is 16.2. The summed E-state index contributed by atoms with van der Waals surface area (Å²) in [6.07, 6.45) is 1.76. The van der Waals surface area contributed by atoms with Gasteiger partial charge in [0.15, 0.2) is 0 Å².